The van der Waals surface area contributed by atoms with Gasteiger partial charge in [-0.3, -0.25) is 0 Å². The van der Waals surface area contributed by atoms with Crippen LogP contribution in [0.15, 0.2) is 22.6 Å². The molecule has 0 aliphatic heterocycles. The van der Waals surface area contributed by atoms with Gasteiger partial charge in [-0.25, -0.2) is 13.4 Å². The molecule has 0 aliphatic carbocycles. The zero-order valence-electron chi connectivity index (χ0n) is 14.2. The van der Waals surface area contributed by atoms with Crippen LogP contribution in [0.5, 0.6) is 0 Å². The first-order valence-corrected chi connectivity index (χ1v) is 8.35. The van der Waals surface area contributed by atoms with E-state index in [1.807, 2.05) is 0 Å². The number of rotatable bonds is 5. The maximum Gasteiger partial charge on any atom is 0.382 e. The number of hydrogen-bond donors (Lipinski definition) is 0. The summed E-state index contributed by atoms with van der Waals surface area (Å²) in [6.07, 6.45) is 0. The lowest BCUT2D eigenvalue weighted by atomic mass is 10.0. The van der Waals surface area contributed by atoms with Gasteiger partial charge < -0.3 is 4.74 Å². The molecule has 1 aromatic carbocycles. The SMILES string of the molecule is CCOC(=O)C(F)(F)c1cccc(/C(C)=N/[S@](=O)C(C)(C)C)c1F. The molecule has 1 aromatic rings. The molecule has 0 bridgehead atoms. The van der Waals surface area contributed by atoms with Crippen molar-refractivity contribution in [2.24, 2.45) is 4.40 Å². The Hall–Kier alpha value is -1.70. The van der Waals surface area contributed by atoms with Gasteiger partial charge in [0.05, 0.1) is 22.6 Å². The highest BCUT2D eigenvalue weighted by Crippen LogP contribution is 2.33. The van der Waals surface area contributed by atoms with E-state index >= 15 is 0 Å². The fourth-order valence-corrected chi connectivity index (χ4v) is 2.32. The number of esters is 1. The van der Waals surface area contributed by atoms with Crippen LogP contribution in [0.4, 0.5) is 13.2 Å². The van der Waals surface area contributed by atoms with Gasteiger partial charge in [0, 0.05) is 5.56 Å². The Morgan fingerprint density at radius 3 is 2.38 bits per heavy atom. The maximum atomic E-state index is 14.5. The molecule has 0 aliphatic rings. The van der Waals surface area contributed by atoms with Crippen molar-refractivity contribution in [3.05, 3.63) is 35.1 Å². The van der Waals surface area contributed by atoms with E-state index in [2.05, 4.69) is 9.13 Å². The minimum atomic E-state index is -4.13. The Balaban J connectivity index is 3.34. The summed E-state index contributed by atoms with van der Waals surface area (Å²) in [6, 6.07) is 3.22. The minimum Gasteiger partial charge on any atom is -0.461 e. The van der Waals surface area contributed by atoms with E-state index in [4.69, 9.17) is 0 Å². The van der Waals surface area contributed by atoms with Crippen molar-refractivity contribution in [1.29, 1.82) is 0 Å². The van der Waals surface area contributed by atoms with Crippen LogP contribution in [-0.2, 0) is 26.4 Å². The first-order chi connectivity index (χ1) is 10.9. The molecule has 0 saturated carbocycles. The summed E-state index contributed by atoms with van der Waals surface area (Å²) in [5.74, 6) is -7.24. The molecule has 0 spiro atoms. The van der Waals surface area contributed by atoms with Crippen LogP contribution in [0, 0.1) is 5.82 Å². The molecule has 1 rings (SSSR count). The summed E-state index contributed by atoms with van der Waals surface area (Å²) in [6.45, 7) is 7.54. The van der Waals surface area contributed by atoms with Gasteiger partial charge in [0.25, 0.3) is 0 Å². The monoisotopic (exact) mass is 363 g/mol. The zero-order chi connectivity index (χ0) is 18.7. The third-order valence-electron chi connectivity index (χ3n) is 3.00. The molecule has 0 unspecified atom stereocenters. The summed E-state index contributed by atoms with van der Waals surface area (Å²) < 4.78 is 62.2. The summed E-state index contributed by atoms with van der Waals surface area (Å²) in [7, 11) is -1.67. The lowest BCUT2D eigenvalue weighted by Gasteiger charge is -2.18. The minimum absolute atomic E-state index is 0.00210. The maximum absolute atomic E-state index is 14.5. The largest absolute Gasteiger partial charge is 0.461 e. The number of halogens is 3. The number of nitrogens with zero attached hydrogens (tertiary/aromatic N) is 1. The third-order valence-corrected chi connectivity index (χ3v) is 4.49. The Kier molecular flexibility index (Phi) is 6.32. The normalized spacial score (nSPS) is 14.4. The summed E-state index contributed by atoms with van der Waals surface area (Å²) in [5, 5.41) is 0. The van der Waals surface area contributed by atoms with Crippen LogP contribution in [0.3, 0.4) is 0 Å². The predicted octanol–water partition coefficient (Wildman–Crippen LogP) is 3.75. The molecule has 24 heavy (non-hydrogen) atoms. The lowest BCUT2D eigenvalue weighted by molar-refractivity contribution is -0.173. The van der Waals surface area contributed by atoms with E-state index < -0.39 is 39.0 Å². The molecular weight excluding hydrogens is 343 g/mol. The second kappa shape index (κ2) is 7.46. The van der Waals surface area contributed by atoms with Crippen molar-refractivity contribution in [3.8, 4) is 0 Å². The smallest absolute Gasteiger partial charge is 0.382 e. The highest BCUT2D eigenvalue weighted by Gasteiger charge is 2.45. The van der Waals surface area contributed by atoms with Crippen LogP contribution in [0.2, 0.25) is 0 Å². The Morgan fingerprint density at radius 2 is 1.88 bits per heavy atom. The van der Waals surface area contributed by atoms with E-state index in [1.165, 1.54) is 26.0 Å². The van der Waals surface area contributed by atoms with Gasteiger partial charge in [0.1, 0.15) is 16.8 Å². The summed E-state index contributed by atoms with van der Waals surface area (Å²) in [5.41, 5.74) is -1.34. The van der Waals surface area contributed by atoms with Crippen molar-refractivity contribution in [2.45, 2.75) is 45.3 Å². The number of alkyl halides is 2. The molecule has 0 heterocycles. The highest BCUT2D eigenvalue weighted by atomic mass is 32.2. The molecular formula is C16H20F3NO3S. The molecule has 8 heteroatoms. The van der Waals surface area contributed by atoms with Gasteiger partial charge in [-0.1, -0.05) is 12.1 Å². The second-order valence-electron chi connectivity index (χ2n) is 6.00. The van der Waals surface area contributed by atoms with Crippen LogP contribution < -0.4 is 0 Å². The first-order valence-electron chi connectivity index (χ1n) is 7.24. The molecule has 0 N–H and O–H groups in total. The van der Waals surface area contributed by atoms with E-state index in [0.29, 0.717) is 0 Å². The average Bonchev–Trinajstić information content (AvgIpc) is 2.46. The summed E-state index contributed by atoms with van der Waals surface area (Å²) in [4.78, 5) is 11.4. The van der Waals surface area contributed by atoms with Gasteiger partial charge >= 0.3 is 11.9 Å². The fourth-order valence-electron chi connectivity index (χ4n) is 1.70. The Labute approximate surface area is 141 Å². The van der Waals surface area contributed by atoms with Crippen molar-refractivity contribution < 1.29 is 26.9 Å². The Morgan fingerprint density at radius 1 is 1.29 bits per heavy atom. The molecule has 0 fully saturated rings. The van der Waals surface area contributed by atoms with Crippen LogP contribution in [0.25, 0.3) is 0 Å². The van der Waals surface area contributed by atoms with Crippen LogP contribution in [0.1, 0.15) is 45.7 Å². The predicted molar refractivity (Wildman–Crippen MR) is 87.0 cm³/mol. The second-order valence-corrected chi connectivity index (χ2v) is 7.91. The number of benzene rings is 1. The first kappa shape index (κ1) is 20.3. The molecule has 0 aromatic heterocycles. The van der Waals surface area contributed by atoms with Crippen molar-refractivity contribution in [2.75, 3.05) is 6.61 Å². The Bertz CT molecular complexity index is 682. The summed E-state index contributed by atoms with van der Waals surface area (Å²) >= 11 is 0. The molecule has 0 saturated heterocycles. The van der Waals surface area contributed by atoms with Gasteiger partial charge in [0.2, 0.25) is 0 Å². The number of hydrogen-bond acceptors (Lipinski definition) is 3. The molecule has 0 amide bonds. The lowest BCUT2D eigenvalue weighted by Crippen LogP contribution is -2.30. The van der Waals surface area contributed by atoms with Crippen molar-refractivity contribution >= 4 is 22.7 Å². The van der Waals surface area contributed by atoms with Crippen LogP contribution in [-0.4, -0.2) is 27.2 Å². The molecule has 134 valence electrons. The zero-order valence-corrected chi connectivity index (χ0v) is 15.0. The molecule has 0 radical (unpaired) electrons. The third kappa shape index (κ3) is 4.43. The van der Waals surface area contributed by atoms with E-state index in [1.54, 1.807) is 20.8 Å². The topological polar surface area (TPSA) is 55.7 Å². The van der Waals surface area contributed by atoms with Gasteiger partial charge in [-0.05, 0) is 40.7 Å². The highest BCUT2D eigenvalue weighted by molar-refractivity contribution is 7.85. The van der Waals surface area contributed by atoms with Gasteiger partial charge in [0.15, 0.2) is 0 Å². The van der Waals surface area contributed by atoms with E-state index in [-0.39, 0.29) is 17.9 Å². The quantitative estimate of drug-likeness (QED) is 0.591. The van der Waals surface area contributed by atoms with Crippen molar-refractivity contribution in [3.63, 3.8) is 0 Å². The number of ether oxygens (including phenoxy) is 1. The van der Waals surface area contributed by atoms with Gasteiger partial charge in [-0.2, -0.15) is 13.2 Å². The number of carbonyl (C=O) groups is 1. The van der Waals surface area contributed by atoms with Gasteiger partial charge in [-0.15, -0.1) is 0 Å². The molecule has 1 atom stereocenters. The molecule has 4 nitrogen and oxygen atoms in total. The van der Waals surface area contributed by atoms with Crippen molar-refractivity contribution in [1.82, 2.24) is 0 Å². The van der Waals surface area contributed by atoms with Crippen LogP contribution >= 0.6 is 0 Å². The fraction of sp³-hybridized carbons (Fsp3) is 0.500. The number of carbonyl (C=O) groups excluding carboxylic acids is 1. The van der Waals surface area contributed by atoms with E-state index in [9.17, 15) is 22.2 Å². The standard InChI is InChI=1S/C16H20F3NO3S/c1-6-23-14(21)16(18,19)12-9-7-8-11(13(12)17)10(2)20-24(22)15(3,4)5/h7-9H,6H2,1-5H3/b20-10+/t24-/m1/s1. The average molecular weight is 363 g/mol. The van der Waals surface area contributed by atoms with E-state index in [0.717, 1.165) is 6.07 Å².